The number of fused-ring (bicyclic) bond motifs is 1. The summed E-state index contributed by atoms with van der Waals surface area (Å²) >= 11 is 0. The summed E-state index contributed by atoms with van der Waals surface area (Å²) in [6, 6.07) is 20.7. The van der Waals surface area contributed by atoms with Crippen LogP contribution in [0.15, 0.2) is 79.0 Å². The predicted octanol–water partition coefficient (Wildman–Crippen LogP) is 8.04. The molecule has 5 nitrogen and oxygen atoms in total. The fourth-order valence-electron chi connectivity index (χ4n) is 4.89. The van der Waals surface area contributed by atoms with Gasteiger partial charge in [0, 0.05) is 29.2 Å². The highest BCUT2D eigenvalue weighted by Gasteiger charge is 2.30. The van der Waals surface area contributed by atoms with Crippen LogP contribution in [0.3, 0.4) is 0 Å². The standard InChI is InChI=1S/C33H35F3N2O3/c1-4-41-31(39)17-19-37-32(40)25-8-6-24(7-9-25)29(15-5-22(2)3)38-20-18-27-21-26(12-16-30(27)38)23-10-13-28(14-11-23)33(34,35)36/h6-14,16,18,20-22,29H,4-5,15,17,19H2,1-3H3,(H,37,40). The van der Waals surface area contributed by atoms with Crippen LogP contribution in [0.4, 0.5) is 13.2 Å². The van der Waals surface area contributed by atoms with Crippen molar-refractivity contribution in [3.05, 3.63) is 95.7 Å². The van der Waals surface area contributed by atoms with Crippen molar-refractivity contribution in [2.24, 2.45) is 5.92 Å². The van der Waals surface area contributed by atoms with Gasteiger partial charge < -0.3 is 14.6 Å². The summed E-state index contributed by atoms with van der Waals surface area (Å²) in [5.74, 6) is -0.0848. The smallest absolute Gasteiger partial charge is 0.416 e. The Hall–Kier alpha value is -4.07. The normalized spacial score (nSPS) is 12.5. The van der Waals surface area contributed by atoms with Crippen LogP contribution in [0.1, 0.15) is 67.6 Å². The highest BCUT2D eigenvalue weighted by atomic mass is 19.4. The van der Waals surface area contributed by atoms with E-state index >= 15 is 0 Å². The van der Waals surface area contributed by atoms with Crippen LogP contribution in [0.5, 0.6) is 0 Å². The zero-order valence-electron chi connectivity index (χ0n) is 23.5. The van der Waals surface area contributed by atoms with Crippen molar-refractivity contribution >= 4 is 22.8 Å². The molecule has 4 aromatic rings. The number of hydrogen-bond acceptors (Lipinski definition) is 3. The van der Waals surface area contributed by atoms with E-state index in [1.54, 1.807) is 19.1 Å². The Kier molecular flexibility index (Phi) is 9.53. The molecule has 3 aromatic carbocycles. The first-order valence-electron chi connectivity index (χ1n) is 13.9. The predicted molar refractivity (Wildman–Crippen MR) is 155 cm³/mol. The SMILES string of the molecule is CCOC(=O)CCNC(=O)c1ccc(C(CCC(C)C)n2ccc3cc(-c4ccc(C(F)(F)F)cc4)ccc32)cc1. The van der Waals surface area contributed by atoms with Crippen LogP contribution in [-0.2, 0) is 15.7 Å². The maximum absolute atomic E-state index is 13.0. The highest BCUT2D eigenvalue weighted by molar-refractivity contribution is 5.94. The zero-order valence-corrected chi connectivity index (χ0v) is 23.5. The average Bonchev–Trinajstić information content (AvgIpc) is 3.36. The number of benzene rings is 3. The van der Waals surface area contributed by atoms with E-state index in [1.165, 1.54) is 12.1 Å². The number of carbonyl (C=O) groups excluding carboxylic acids is 2. The molecule has 0 saturated carbocycles. The lowest BCUT2D eigenvalue weighted by Crippen LogP contribution is -2.26. The lowest BCUT2D eigenvalue weighted by Gasteiger charge is -2.22. The fraction of sp³-hybridized carbons (Fsp3) is 0.333. The van der Waals surface area contributed by atoms with E-state index in [4.69, 9.17) is 4.74 Å². The molecular formula is C33H35F3N2O3. The molecule has 1 aromatic heterocycles. The van der Waals surface area contributed by atoms with E-state index in [1.807, 2.05) is 42.6 Å². The number of nitrogens with zero attached hydrogens (tertiary/aromatic N) is 1. The second-order valence-electron chi connectivity index (χ2n) is 10.5. The van der Waals surface area contributed by atoms with Gasteiger partial charge in [-0.3, -0.25) is 9.59 Å². The molecule has 0 aliphatic carbocycles. The third kappa shape index (κ3) is 7.57. The minimum Gasteiger partial charge on any atom is -0.466 e. The molecule has 1 amide bonds. The van der Waals surface area contributed by atoms with Crippen molar-refractivity contribution in [3.8, 4) is 11.1 Å². The number of nitrogens with one attached hydrogen (secondary N) is 1. The molecule has 0 saturated heterocycles. The van der Waals surface area contributed by atoms with Gasteiger partial charge in [-0.05, 0) is 84.8 Å². The molecule has 1 N–H and O–H groups in total. The minimum atomic E-state index is -4.36. The molecule has 1 heterocycles. The molecule has 0 radical (unpaired) electrons. The number of halogens is 3. The topological polar surface area (TPSA) is 60.3 Å². The number of carbonyl (C=O) groups is 2. The molecule has 0 fully saturated rings. The number of esters is 1. The average molecular weight is 565 g/mol. The molecule has 4 rings (SSSR count). The van der Waals surface area contributed by atoms with Gasteiger partial charge in [0.2, 0.25) is 0 Å². The van der Waals surface area contributed by atoms with Crippen LogP contribution in [0.2, 0.25) is 0 Å². The largest absolute Gasteiger partial charge is 0.466 e. The lowest BCUT2D eigenvalue weighted by atomic mass is 9.96. The van der Waals surface area contributed by atoms with Gasteiger partial charge in [-0.25, -0.2) is 0 Å². The van der Waals surface area contributed by atoms with Gasteiger partial charge in [-0.2, -0.15) is 13.2 Å². The van der Waals surface area contributed by atoms with Crippen molar-refractivity contribution in [2.75, 3.05) is 13.2 Å². The lowest BCUT2D eigenvalue weighted by molar-refractivity contribution is -0.143. The summed E-state index contributed by atoms with van der Waals surface area (Å²) in [6.45, 7) is 6.63. The number of alkyl halides is 3. The Morgan fingerprint density at radius 2 is 1.59 bits per heavy atom. The molecule has 0 spiro atoms. The summed E-state index contributed by atoms with van der Waals surface area (Å²) < 4.78 is 46.1. The Balaban J connectivity index is 1.55. The van der Waals surface area contributed by atoms with Gasteiger partial charge in [0.05, 0.1) is 24.6 Å². The summed E-state index contributed by atoms with van der Waals surface area (Å²) in [4.78, 5) is 24.1. The minimum absolute atomic E-state index is 0.0349. The molecule has 0 bridgehead atoms. The van der Waals surface area contributed by atoms with Crippen molar-refractivity contribution in [2.45, 2.75) is 52.3 Å². The Bertz CT molecular complexity index is 1470. The quantitative estimate of drug-likeness (QED) is 0.188. The maximum Gasteiger partial charge on any atom is 0.416 e. The van der Waals surface area contributed by atoms with E-state index in [2.05, 4.69) is 23.7 Å². The molecule has 0 aliphatic rings. The summed E-state index contributed by atoms with van der Waals surface area (Å²) in [7, 11) is 0. The van der Waals surface area contributed by atoms with Gasteiger partial charge >= 0.3 is 12.1 Å². The second kappa shape index (κ2) is 13.1. The van der Waals surface area contributed by atoms with Crippen molar-refractivity contribution in [1.82, 2.24) is 9.88 Å². The van der Waals surface area contributed by atoms with E-state index in [0.717, 1.165) is 52.6 Å². The number of hydrogen-bond donors (Lipinski definition) is 1. The van der Waals surface area contributed by atoms with Crippen LogP contribution >= 0.6 is 0 Å². The molecule has 216 valence electrons. The number of amides is 1. The molecule has 41 heavy (non-hydrogen) atoms. The van der Waals surface area contributed by atoms with Crippen LogP contribution in [0, 0.1) is 5.92 Å². The first kappa shape index (κ1) is 29.9. The monoisotopic (exact) mass is 564 g/mol. The number of rotatable bonds is 11. The number of ether oxygens (including phenoxy) is 1. The van der Waals surface area contributed by atoms with Crippen LogP contribution in [0.25, 0.3) is 22.0 Å². The first-order valence-corrected chi connectivity index (χ1v) is 13.9. The molecule has 1 unspecified atom stereocenters. The van der Waals surface area contributed by atoms with Crippen molar-refractivity contribution < 1.29 is 27.5 Å². The fourth-order valence-corrected chi connectivity index (χ4v) is 4.89. The maximum atomic E-state index is 13.0. The van der Waals surface area contributed by atoms with Crippen molar-refractivity contribution in [1.29, 1.82) is 0 Å². The van der Waals surface area contributed by atoms with Gasteiger partial charge in [-0.1, -0.05) is 44.2 Å². The number of aromatic nitrogens is 1. The summed E-state index contributed by atoms with van der Waals surface area (Å²) in [5.41, 5.74) is 3.51. The molecular weight excluding hydrogens is 529 g/mol. The van der Waals surface area contributed by atoms with Gasteiger partial charge in [0.1, 0.15) is 0 Å². The zero-order chi connectivity index (χ0) is 29.6. The van der Waals surface area contributed by atoms with E-state index in [0.29, 0.717) is 18.1 Å². The van der Waals surface area contributed by atoms with E-state index in [-0.39, 0.29) is 30.9 Å². The third-order valence-corrected chi connectivity index (χ3v) is 7.10. The molecule has 1 atom stereocenters. The van der Waals surface area contributed by atoms with Crippen molar-refractivity contribution in [3.63, 3.8) is 0 Å². The molecule has 8 heteroatoms. The van der Waals surface area contributed by atoms with Crippen LogP contribution in [-0.4, -0.2) is 29.6 Å². The molecule has 0 aliphatic heterocycles. The summed E-state index contributed by atoms with van der Waals surface area (Å²) in [5, 5.41) is 3.75. The van der Waals surface area contributed by atoms with Gasteiger partial charge in [0.25, 0.3) is 5.91 Å². The van der Waals surface area contributed by atoms with Crippen LogP contribution < -0.4 is 5.32 Å². The second-order valence-corrected chi connectivity index (χ2v) is 10.5. The highest BCUT2D eigenvalue weighted by Crippen LogP contribution is 2.34. The van der Waals surface area contributed by atoms with E-state index in [9.17, 15) is 22.8 Å². The van der Waals surface area contributed by atoms with Gasteiger partial charge in [-0.15, -0.1) is 0 Å². The van der Waals surface area contributed by atoms with E-state index < -0.39 is 11.7 Å². The Morgan fingerprint density at radius 3 is 2.22 bits per heavy atom. The van der Waals surface area contributed by atoms with Gasteiger partial charge in [0.15, 0.2) is 0 Å². The Morgan fingerprint density at radius 1 is 0.902 bits per heavy atom. The third-order valence-electron chi connectivity index (χ3n) is 7.10. The first-order chi connectivity index (χ1) is 19.6. The Labute approximate surface area is 238 Å². The summed E-state index contributed by atoms with van der Waals surface area (Å²) in [6.07, 6.45) is -0.299.